The molecule has 1 aromatic rings. The van der Waals surface area contributed by atoms with Crippen LogP contribution >= 0.6 is 15.9 Å². The highest BCUT2D eigenvalue weighted by atomic mass is 79.9. The zero-order valence-corrected chi connectivity index (χ0v) is 11.0. The maximum Gasteiger partial charge on any atom is 0.0294 e. The molecule has 2 heteroatoms. The highest BCUT2D eigenvalue weighted by Gasteiger charge is 2.12. The van der Waals surface area contributed by atoms with Gasteiger partial charge in [0.05, 0.1) is 0 Å². The minimum Gasteiger partial charge on any atom is -0.324 e. The number of halogens is 1. The number of hydrogen-bond donors (Lipinski definition) is 1. The van der Waals surface area contributed by atoms with Crippen molar-refractivity contribution in [1.29, 1.82) is 0 Å². The first kappa shape index (κ1) is 11.9. The minimum absolute atomic E-state index is 0.210. The van der Waals surface area contributed by atoms with Crippen LogP contribution in [-0.2, 0) is 6.42 Å². The topological polar surface area (TPSA) is 26.0 Å². The predicted molar refractivity (Wildman–Crippen MR) is 72.4 cm³/mol. The Labute approximate surface area is 106 Å². The molecule has 0 spiro atoms. The molecular formula is C14H18BrN. The molecule has 0 radical (unpaired) electrons. The van der Waals surface area contributed by atoms with Crippen molar-refractivity contribution in [2.75, 3.05) is 0 Å². The summed E-state index contributed by atoms with van der Waals surface area (Å²) in [5, 5.41) is 0. The third-order valence-corrected chi connectivity index (χ3v) is 3.70. The fourth-order valence-electron chi connectivity index (χ4n) is 2.21. The summed E-state index contributed by atoms with van der Waals surface area (Å²) >= 11 is 3.45. The molecule has 0 saturated heterocycles. The van der Waals surface area contributed by atoms with Gasteiger partial charge in [-0.1, -0.05) is 39.7 Å². The highest BCUT2D eigenvalue weighted by molar-refractivity contribution is 9.10. The Bertz CT molecular complexity index is 367. The Morgan fingerprint density at radius 2 is 1.94 bits per heavy atom. The molecule has 16 heavy (non-hydrogen) atoms. The molecule has 0 aliphatic heterocycles. The van der Waals surface area contributed by atoms with Crippen molar-refractivity contribution >= 4 is 15.9 Å². The van der Waals surface area contributed by atoms with Crippen LogP contribution in [0, 0.1) is 0 Å². The van der Waals surface area contributed by atoms with E-state index in [4.69, 9.17) is 5.73 Å². The average Bonchev–Trinajstić information content (AvgIpc) is 2.33. The van der Waals surface area contributed by atoms with E-state index in [1.807, 2.05) is 0 Å². The van der Waals surface area contributed by atoms with E-state index in [2.05, 4.69) is 46.3 Å². The lowest BCUT2D eigenvalue weighted by Crippen LogP contribution is -2.26. The normalized spacial score (nSPS) is 18.0. The molecule has 1 aromatic carbocycles. The van der Waals surface area contributed by atoms with Gasteiger partial charge in [0.1, 0.15) is 0 Å². The maximum atomic E-state index is 6.24. The summed E-state index contributed by atoms with van der Waals surface area (Å²) in [5.41, 5.74) is 9.01. The Morgan fingerprint density at radius 3 is 2.56 bits per heavy atom. The fraction of sp³-hybridized carbons (Fsp3) is 0.429. The van der Waals surface area contributed by atoms with E-state index in [9.17, 15) is 0 Å². The van der Waals surface area contributed by atoms with Gasteiger partial charge in [-0.3, -0.25) is 0 Å². The van der Waals surface area contributed by atoms with Crippen LogP contribution in [0.15, 0.2) is 40.4 Å². The second-order valence-electron chi connectivity index (χ2n) is 4.46. The summed E-state index contributed by atoms with van der Waals surface area (Å²) < 4.78 is 1.13. The zero-order valence-electron chi connectivity index (χ0n) is 9.45. The molecule has 1 aliphatic rings. The van der Waals surface area contributed by atoms with Gasteiger partial charge in [-0.15, -0.1) is 0 Å². The maximum absolute atomic E-state index is 6.24. The molecule has 0 aromatic heterocycles. The second-order valence-corrected chi connectivity index (χ2v) is 5.38. The van der Waals surface area contributed by atoms with E-state index < -0.39 is 0 Å². The average molecular weight is 280 g/mol. The summed E-state index contributed by atoms with van der Waals surface area (Å²) in [6.45, 7) is 0. The van der Waals surface area contributed by atoms with Crippen molar-refractivity contribution in [1.82, 2.24) is 0 Å². The molecule has 0 heterocycles. The van der Waals surface area contributed by atoms with Crippen molar-refractivity contribution in [3.8, 4) is 0 Å². The van der Waals surface area contributed by atoms with Crippen LogP contribution in [0.3, 0.4) is 0 Å². The summed E-state index contributed by atoms with van der Waals surface area (Å²) in [7, 11) is 0. The molecule has 0 saturated carbocycles. The molecule has 1 atom stereocenters. The Kier molecular flexibility index (Phi) is 4.19. The van der Waals surface area contributed by atoms with Gasteiger partial charge in [0, 0.05) is 10.5 Å². The molecule has 0 bridgehead atoms. The molecule has 0 amide bonds. The standard InChI is InChI=1S/C14H18BrN/c15-13-8-6-11(7-9-13)10-14(16)12-4-2-1-3-5-12/h4,6-9,14H,1-3,5,10,16H2. The molecule has 0 fully saturated rings. The Balaban J connectivity index is 1.98. The summed E-state index contributed by atoms with van der Waals surface area (Å²) in [6.07, 6.45) is 8.33. The van der Waals surface area contributed by atoms with Gasteiger partial charge in [-0.25, -0.2) is 0 Å². The first-order valence-electron chi connectivity index (χ1n) is 5.94. The molecule has 1 unspecified atom stereocenters. The lowest BCUT2D eigenvalue weighted by atomic mass is 9.91. The van der Waals surface area contributed by atoms with Gasteiger partial charge >= 0.3 is 0 Å². The van der Waals surface area contributed by atoms with Crippen molar-refractivity contribution in [2.45, 2.75) is 38.1 Å². The van der Waals surface area contributed by atoms with Gasteiger partial charge in [-0.2, -0.15) is 0 Å². The Hall–Kier alpha value is -0.600. The van der Waals surface area contributed by atoms with Crippen molar-refractivity contribution in [3.63, 3.8) is 0 Å². The third-order valence-electron chi connectivity index (χ3n) is 3.17. The first-order chi connectivity index (χ1) is 7.75. The van der Waals surface area contributed by atoms with Crippen LogP contribution in [0.5, 0.6) is 0 Å². The number of allylic oxidation sites excluding steroid dienone is 1. The van der Waals surface area contributed by atoms with Crippen LogP contribution in [0.4, 0.5) is 0 Å². The zero-order chi connectivity index (χ0) is 11.4. The lowest BCUT2D eigenvalue weighted by Gasteiger charge is -2.19. The summed E-state index contributed by atoms with van der Waals surface area (Å²) in [5.74, 6) is 0. The van der Waals surface area contributed by atoms with Crippen LogP contribution in [-0.4, -0.2) is 6.04 Å². The SMILES string of the molecule is NC(Cc1ccc(Br)cc1)C1=CCCCC1. The van der Waals surface area contributed by atoms with Crippen molar-refractivity contribution in [2.24, 2.45) is 5.73 Å². The van der Waals surface area contributed by atoms with Gasteiger partial charge in [0.15, 0.2) is 0 Å². The summed E-state index contributed by atoms with van der Waals surface area (Å²) in [4.78, 5) is 0. The fourth-order valence-corrected chi connectivity index (χ4v) is 2.47. The molecular weight excluding hydrogens is 262 g/mol. The first-order valence-corrected chi connectivity index (χ1v) is 6.74. The van der Waals surface area contributed by atoms with Crippen molar-refractivity contribution < 1.29 is 0 Å². The highest BCUT2D eigenvalue weighted by Crippen LogP contribution is 2.21. The van der Waals surface area contributed by atoms with Gasteiger partial charge < -0.3 is 5.73 Å². The third kappa shape index (κ3) is 3.19. The monoisotopic (exact) mass is 279 g/mol. The quantitative estimate of drug-likeness (QED) is 0.837. The summed E-state index contributed by atoms with van der Waals surface area (Å²) in [6, 6.07) is 8.66. The van der Waals surface area contributed by atoms with E-state index in [1.165, 1.54) is 36.8 Å². The molecule has 1 aliphatic carbocycles. The number of nitrogens with two attached hydrogens (primary N) is 1. The Morgan fingerprint density at radius 1 is 1.19 bits per heavy atom. The van der Waals surface area contributed by atoms with E-state index in [1.54, 1.807) is 0 Å². The van der Waals surface area contributed by atoms with E-state index in [-0.39, 0.29) is 6.04 Å². The number of rotatable bonds is 3. The van der Waals surface area contributed by atoms with Crippen LogP contribution < -0.4 is 5.73 Å². The van der Waals surface area contributed by atoms with Crippen molar-refractivity contribution in [3.05, 3.63) is 46.0 Å². The molecule has 2 N–H and O–H groups in total. The number of hydrogen-bond acceptors (Lipinski definition) is 1. The number of benzene rings is 1. The largest absolute Gasteiger partial charge is 0.324 e. The van der Waals surface area contributed by atoms with Crippen LogP contribution in [0.25, 0.3) is 0 Å². The van der Waals surface area contributed by atoms with Gasteiger partial charge in [0.2, 0.25) is 0 Å². The predicted octanol–water partition coefficient (Wildman–Crippen LogP) is 3.82. The lowest BCUT2D eigenvalue weighted by molar-refractivity contribution is 0.630. The smallest absolute Gasteiger partial charge is 0.0294 e. The molecule has 1 nitrogen and oxygen atoms in total. The molecule has 2 rings (SSSR count). The van der Waals surface area contributed by atoms with Crippen LogP contribution in [0.2, 0.25) is 0 Å². The van der Waals surface area contributed by atoms with Gasteiger partial charge in [-0.05, 0) is 49.8 Å². The van der Waals surface area contributed by atoms with Crippen LogP contribution in [0.1, 0.15) is 31.2 Å². The van der Waals surface area contributed by atoms with Gasteiger partial charge in [0.25, 0.3) is 0 Å². The minimum atomic E-state index is 0.210. The van der Waals surface area contributed by atoms with E-state index >= 15 is 0 Å². The van der Waals surface area contributed by atoms with E-state index in [0.29, 0.717) is 0 Å². The molecule has 86 valence electrons. The second kappa shape index (κ2) is 5.65. The van der Waals surface area contributed by atoms with E-state index in [0.717, 1.165) is 10.9 Å².